The summed E-state index contributed by atoms with van der Waals surface area (Å²) in [6.07, 6.45) is 0.0787. The third kappa shape index (κ3) is 5.72. The summed E-state index contributed by atoms with van der Waals surface area (Å²) in [5.41, 5.74) is 4.90. The maximum absolute atomic E-state index is 5.72. The highest BCUT2D eigenvalue weighted by molar-refractivity contribution is 6.13. The molecule has 0 saturated carbocycles. The predicted molar refractivity (Wildman–Crippen MR) is 56.0 cm³/mol. The smallest absolute Gasteiger partial charge is 0.148 e. The SMILES string of the molecule is CCOC(N)CC([Si])(OCC)OCC. The fourth-order valence-electron chi connectivity index (χ4n) is 1.16. The van der Waals surface area contributed by atoms with Crippen LogP contribution in [-0.2, 0) is 14.2 Å². The van der Waals surface area contributed by atoms with Gasteiger partial charge in [-0.15, -0.1) is 0 Å². The van der Waals surface area contributed by atoms with E-state index in [2.05, 4.69) is 10.2 Å². The summed E-state index contributed by atoms with van der Waals surface area (Å²) in [5, 5.41) is 0. The first-order valence-electron chi connectivity index (χ1n) is 4.98. The first kappa shape index (κ1) is 14.1. The average Bonchev–Trinajstić information content (AvgIpc) is 2.04. The fraction of sp³-hybridized carbons (Fsp3) is 1.00. The van der Waals surface area contributed by atoms with E-state index in [0.717, 1.165) is 0 Å². The van der Waals surface area contributed by atoms with E-state index in [-0.39, 0.29) is 6.23 Å². The van der Waals surface area contributed by atoms with Crippen LogP contribution in [0.3, 0.4) is 0 Å². The van der Waals surface area contributed by atoms with Crippen LogP contribution in [-0.4, -0.2) is 41.7 Å². The van der Waals surface area contributed by atoms with Gasteiger partial charge in [0.25, 0.3) is 0 Å². The molecule has 4 nitrogen and oxygen atoms in total. The lowest BCUT2D eigenvalue weighted by Gasteiger charge is -2.31. The van der Waals surface area contributed by atoms with E-state index in [0.29, 0.717) is 26.2 Å². The second-order valence-electron chi connectivity index (χ2n) is 2.82. The molecule has 0 aliphatic heterocycles. The van der Waals surface area contributed by atoms with Gasteiger partial charge in [-0.25, -0.2) is 0 Å². The summed E-state index contributed by atoms with van der Waals surface area (Å²) in [6, 6.07) is 0. The van der Waals surface area contributed by atoms with E-state index >= 15 is 0 Å². The Morgan fingerprint density at radius 1 is 1.14 bits per heavy atom. The van der Waals surface area contributed by atoms with Gasteiger partial charge in [0.15, 0.2) is 0 Å². The molecule has 0 amide bonds. The molecule has 1 atom stereocenters. The van der Waals surface area contributed by atoms with Gasteiger partial charge in [0.05, 0.1) is 0 Å². The Morgan fingerprint density at radius 2 is 1.64 bits per heavy atom. The number of ether oxygens (including phenoxy) is 3. The van der Waals surface area contributed by atoms with Crippen molar-refractivity contribution in [3.05, 3.63) is 0 Å². The molecular weight excluding hydrogens is 198 g/mol. The van der Waals surface area contributed by atoms with E-state index in [9.17, 15) is 0 Å². The molecule has 0 aromatic rings. The standard InChI is InChI=1S/C9H20NO3Si/c1-4-11-8(10)7-9(14,12-5-2)13-6-3/h8H,4-7,10H2,1-3H3. The minimum Gasteiger partial charge on any atom is -0.364 e. The molecule has 3 radical (unpaired) electrons. The lowest BCUT2D eigenvalue weighted by Crippen LogP contribution is -2.43. The van der Waals surface area contributed by atoms with Gasteiger partial charge in [-0.1, -0.05) is 0 Å². The first-order valence-corrected chi connectivity index (χ1v) is 5.48. The molecule has 0 heterocycles. The Bertz CT molecular complexity index is 140. The number of nitrogens with two attached hydrogens (primary N) is 1. The Kier molecular flexibility index (Phi) is 7.39. The molecule has 0 bridgehead atoms. The van der Waals surface area contributed by atoms with Crippen molar-refractivity contribution in [2.24, 2.45) is 5.73 Å². The first-order chi connectivity index (χ1) is 6.58. The van der Waals surface area contributed by atoms with Gasteiger partial charge in [-0.3, -0.25) is 0 Å². The summed E-state index contributed by atoms with van der Waals surface area (Å²) < 4.78 is 16.1. The lowest BCUT2D eigenvalue weighted by molar-refractivity contribution is -0.191. The monoisotopic (exact) mass is 218 g/mol. The van der Waals surface area contributed by atoms with Crippen molar-refractivity contribution in [2.45, 2.75) is 38.8 Å². The van der Waals surface area contributed by atoms with Crippen LogP contribution in [0.1, 0.15) is 27.2 Å². The molecule has 0 aliphatic carbocycles. The van der Waals surface area contributed by atoms with E-state index in [4.69, 9.17) is 19.9 Å². The maximum atomic E-state index is 5.72. The third-order valence-corrected chi connectivity index (χ3v) is 2.10. The second-order valence-corrected chi connectivity index (χ2v) is 3.58. The summed E-state index contributed by atoms with van der Waals surface area (Å²) >= 11 is 0. The largest absolute Gasteiger partial charge is 0.364 e. The van der Waals surface area contributed by atoms with Crippen molar-refractivity contribution in [3.8, 4) is 0 Å². The molecule has 2 N–H and O–H groups in total. The van der Waals surface area contributed by atoms with Crippen molar-refractivity contribution in [1.82, 2.24) is 0 Å². The molecular formula is C9H20NO3Si. The normalized spacial score (nSPS) is 14.4. The maximum Gasteiger partial charge on any atom is 0.148 e. The van der Waals surface area contributed by atoms with Crippen LogP contribution in [0.5, 0.6) is 0 Å². The molecule has 1 unspecified atom stereocenters. The molecule has 5 heteroatoms. The van der Waals surface area contributed by atoms with E-state index < -0.39 is 5.41 Å². The second kappa shape index (κ2) is 7.36. The summed E-state index contributed by atoms with van der Waals surface area (Å²) in [7, 11) is 3.43. The zero-order chi connectivity index (χ0) is 11.0. The molecule has 0 fully saturated rings. The lowest BCUT2D eigenvalue weighted by atomic mass is 10.3. The topological polar surface area (TPSA) is 53.7 Å². The highest BCUT2D eigenvalue weighted by Gasteiger charge is 2.27. The Labute approximate surface area is 89.5 Å². The van der Waals surface area contributed by atoms with Crippen LogP contribution in [0.25, 0.3) is 0 Å². The molecule has 0 aromatic heterocycles. The number of rotatable bonds is 8. The Balaban J connectivity index is 4.05. The van der Waals surface area contributed by atoms with Crippen LogP contribution in [0.4, 0.5) is 0 Å². The van der Waals surface area contributed by atoms with Crippen LogP contribution in [0.15, 0.2) is 0 Å². The number of hydrogen-bond donors (Lipinski definition) is 1. The summed E-state index contributed by atoms with van der Waals surface area (Å²) in [6.45, 7) is 7.41. The molecule has 0 saturated heterocycles. The van der Waals surface area contributed by atoms with Crippen molar-refractivity contribution in [3.63, 3.8) is 0 Å². The van der Waals surface area contributed by atoms with Crippen LogP contribution in [0.2, 0.25) is 0 Å². The molecule has 14 heavy (non-hydrogen) atoms. The summed E-state index contributed by atoms with van der Waals surface area (Å²) in [5.74, 6) is 0. The minimum absolute atomic E-state index is 0.379. The van der Waals surface area contributed by atoms with Gasteiger partial charge < -0.3 is 19.9 Å². The molecule has 83 valence electrons. The zero-order valence-corrected chi connectivity index (χ0v) is 10.2. The fourth-order valence-corrected chi connectivity index (χ4v) is 1.65. The van der Waals surface area contributed by atoms with E-state index in [1.165, 1.54) is 0 Å². The van der Waals surface area contributed by atoms with Crippen molar-refractivity contribution in [2.75, 3.05) is 19.8 Å². The molecule has 0 rings (SSSR count). The van der Waals surface area contributed by atoms with Crippen LogP contribution >= 0.6 is 0 Å². The van der Waals surface area contributed by atoms with Crippen molar-refractivity contribution < 1.29 is 14.2 Å². The van der Waals surface area contributed by atoms with Gasteiger partial charge in [0.1, 0.15) is 21.9 Å². The molecule has 0 aromatic carbocycles. The Morgan fingerprint density at radius 3 is 2.00 bits per heavy atom. The Hall–Kier alpha value is 0.0569. The van der Waals surface area contributed by atoms with E-state index in [1.54, 1.807) is 0 Å². The van der Waals surface area contributed by atoms with Crippen molar-refractivity contribution in [1.29, 1.82) is 0 Å². The van der Waals surface area contributed by atoms with Gasteiger partial charge in [-0.2, -0.15) is 0 Å². The van der Waals surface area contributed by atoms with E-state index in [1.807, 2.05) is 20.8 Å². The predicted octanol–water partition coefficient (Wildman–Crippen LogP) is 0.593. The van der Waals surface area contributed by atoms with Gasteiger partial charge >= 0.3 is 0 Å². The van der Waals surface area contributed by atoms with Crippen molar-refractivity contribution >= 4 is 10.2 Å². The summed E-state index contributed by atoms with van der Waals surface area (Å²) in [4.78, 5) is 0. The number of hydrogen-bond acceptors (Lipinski definition) is 4. The molecule has 0 aliphatic rings. The van der Waals surface area contributed by atoms with Gasteiger partial charge in [0.2, 0.25) is 0 Å². The van der Waals surface area contributed by atoms with Crippen LogP contribution in [0, 0.1) is 0 Å². The highest BCUT2D eigenvalue weighted by atomic mass is 28.1. The average molecular weight is 218 g/mol. The van der Waals surface area contributed by atoms with Gasteiger partial charge in [-0.05, 0) is 20.8 Å². The minimum atomic E-state index is -0.821. The van der Waals surface area contributed by atoms with Gasteiger partial charge in [0, 0.05) is 26.2 Å². The van der Waals surface area contributed by atoms with Crippen LogP contribution < -0.4 is 5.73 Å². The quantitative estimate of drug-likeness (QED) is 0.478. The highest BCUT2D eigenvalue weighted by Crippen LogP contribution is 2.15. The zero-order valence-electron chi connectivity index (χ0n) is 9.21. The molecule has 0 spiro atoms. The third-order valence-electron chi connectivity index (χ3n) is 1.61.